The summed E-state index contributed by atoms with van der Waals surface area (Å²) in [5.74, 6) is 0.289. The molecule has 5 nitrogen and oxygen atoms in total. The van der Waals surface area contributed by atoms with Crippen LogP contribution >= 0.6 is 0 Å². The predicted molar refractivity (Wildman–Crippen MR) is 61.0 cm³/mol. The van der Waals surface area contributed by atoms with E-state index in [0.717, 1.165) is 0 Å². The summed E-state index contributed by atoms with van der Waals surface area (Å²) in [5, 5.41) is 2.17. The maximum atomic E-state index is 11.5. The van der Waals surface area contributed by atoms with Gasteiger partial charge in [0.2, 0.25) is 5.91 Å². The topological polar surface area (TPSA) is 81.4 Å². The number of methoxy groups -OCH3 is 1. The minimum atomic E-state index is -1.13. The van der Waals surface area contributed by atoms with Gasteiger partial charge in [0.15, 0.2) is 0 Å². The second kappa shape index (κ2) is 8.82. The Balaban J connectivity index is 3.80. The fraction of sp³-hybridized carbons (Fsp3) is 0.889. The minimum absolute atomic E-state index is 0.192. The largest absolute Gasteiger partial charge is 0.383 e. The van der Waals surface area contributed by atoms with Gasteiger partial charge in [0, 0.05) is 30.2 Å². The number of hydrogen-bond donors (Lipinski definition) is 2. The molecule has 0 saturated carbocycles. The molecule has 0 aromatic carbocycles. The van der Waals surface area contributed by atoms with Gasteiger partial charge in [-0.25, -0.2) is 0 Å². The first kappa shape index (κ1) is 14.5. The van der Waals surface area contributed by atoms with Gasteiger partial charge in [0.25, 0.3) is 0 Å². The van der Waals surface area contributed by atoms with Crippen molar-refractivity contribution in [2.75, 3.05) is 32.6 Å². The van der Waals surface area contributed by atoms with E-state index >= 15 is 0 Å². The third-order valence-corrected chi connectivity index (χ3v) is 3.61. The van der Waals surface area contributed by atoms with Crippen LogP contribution in [-0.2, 0) is 20.3 Å². The highest BCUT2D eigenvalue weighted by atomic mass is 32.2. The molecule has 2 unspecified atom stereocenters. The number of rotatable bonds is 8. The van der Waals surface area contributed by atoms with Crippen LogP contribution in [0.2, 0.25) is 0 Å². The van der Waals surface area contributed by atoms with Crippen LogP contribution in [0, 0.1) is 0 Å². The first-order valence-corrected chi connectivity index (χ1v) is 6.35. The molecule has 0 bridgehead atoms. The van der Waals surface area contributed by atoms with Gasteiger partial charge in [-0.15, -0.1) is 0 Å². The van der Waals surface area contributed by atoms with Gasteiger partial charge in [-0.2, -0.15) is 0 Å². The molecule has 3 N–H and O–H groups in total. The maximum Gasteiger partial charge on any atom is 0.235 e. The number of hydrogen-bond acceptors (Lipinski definition) is 4. The maximum absolute atomic E-state index is 11.5. The van der Waals surface area contributed by atoms with Crippen molar-refractivity contribution in [2.24, 2.45) is 5.73 Å². The van der Waals surface area contributed by atoms with E-state index in [1.165, 1.54) is 0 Å². The summed E-state index contributed by atoms with van der Waals surface area (Å²) in [5.41, 5.74) is 5.30. The third kappa shape index (κ3) is 6.59. The number of carbonyl (C=O) groups is 1. The molecule has 0 aromatic heterocycles. The van der Waals surface area contributed by atoms with Crippen LogP contribution < -0.4 is 11.1 Å². The Morgan fingerprint density at radius 1 is 1.60 bits per heavy atom. The molecule has 0 heterocycles. The summed E-state index contributed by atoms with van der Waals surface area (Å²) in [6, 6.07) is 0. The lowest BCUT2D eigenvalue weighted by Crippen LogP contribution is -2.38. The van der Waals surface area contributed by atoms with Gasteiger partial charge < -0.3 is 15.8 Å². The average Bonchev–Trinajstić information content (AvgIpc) is 2.24. The predicted octanol–water partition coefficient (Wildman–Crippen LogP) is -0.765. The third-order valence-electron chi connectivity index (χ3n) is 1.92. The van der Waals surface area contributed by atoms with Crippen LogP contribution in [0.15, 0.2) is 0 Å². The van der Waals surface area contributed by atoms with Gasteiger partial charge >= 0.3 is 0 Å². The van der Waals surface area contributed by atoms with Crippen LogP contribution in [0.5, 0.6) is 0 Å². The number of carbonyl (C=O) groups excluding carboxylic acids is 1. The molecule has 0 radical (unpaired) electrons. The second-order valence-corrected chi connectivity index (χ2v) is 5.03. The summed E-state index contributed by atoms with van der Waals surface area (Å²) < 4.78 is 16.3. The molecule has 0 aliphatic rings. The molecule has 0 fully saturated rings. The lowest BCUT2D eigenvalue weighted by molar-refractivity contribution is -0.120. The lowest BCUT2D eigenvalue weighted by atomic mass is 10.4. The Hall–Kier alpha value is -0.460. The molecule has 0 spiro atoms. The van der Waals surface area contributed by atoms with Gasteiger partial charge in [-0.3, -0.25) is 9.00 Å². The molecule has 6 heteroatoms. The fourth-order valence-electron chi connectivity index (χ4n) is 0.942. The molecule has 0 saturated heterocycles. The van der Waals surface area contributed by atoms with Crippen molar-refractivity contribution in [3.63, 3.8) is 0 Å². The Labute approximate surface area is 93.2 Å². The van der Waals surface area contributed by atoms with E-state index < -0.39 is 16.0 Å². The van der Waals surface area contributed by atoms with Crippen LogP contribution in [-0.4, -0.2) is 47.9 Å². The molecule has 1 amide bonds. The average molecular weight is 236 g/mol. The highest BCUT2D eigenvalue weighted by Crippen LogP contribution is 1.98. The molecule has 0 rings (SSSR count). The minimum Gasteiger partial charge on any atom is -0.383 e. The Bertz CT molecular complexity index is 212. The normalized spacial score (nSPS) is 14.6. The van der Waals surface area contributed by atoms with Gasteiger partial charge in [-0.05, 0) is 19.9 Å². The first-order chi connectivity index (χ1) is 7.13. The van der Waals surface area contributed by atoms with E-state index in [0.29, 0.717) is 31.9 Å². The smallest absolute Gasteiger partial charge is 0.235 e. The van der Waals surface area contributed by atoms with E-state index in [2.05, 4.69) is 5.32 Å². The summed E-state index contributed by atoms with van der Waals surface area (Å²) >= 11 is 0. The zero-order valence-electron chi connectivity index (χ0n) is 9.32. The Kier molecular flexibility index (Phi) is 8.55. The standard InChI is InChI=1S/C9H20N2O3S/c1-8(15(13)7-3-4-10)9(12)11-5-6-14-2/h8H,3-7,10H2,1-2H3,(H,11,12). The highest BCUT2D eigenvalue weighted by molar-refractivity contribution is 7.86. The van der Waals surface area contributed by atoms with Crippen molar-refractivity contribution in [2.45, 2.75) is 18.6 Å². The molecule has 0 aliphatic heterocycles. The van der Waals surface area contributed by atoms with Crippen LogP contribution in [0.1, 0.15) is 13.3 Å². The summed E-state index contributed by atoms with van der Waals surface area (Å²) in [7, 11) is 0.431. The fourth-order valence-corrected chi connectivity index (χ4v) is 2.07. The van der Waals surface area contributed by atoms with E-state index in [-0.39, 0.29) is 5.91 Å². The first-order valence-electron chi connectivity index (χ1n) is 4.97. The van der Waals surface area contributed by atoms with Gasteiger partial charge in [0.1, 0.15) is 5.25 Å². The quantitative estimate of drug-likeness (QED) is 0.543. The van der Waals surface area contributed by atoms with Crippen molar-refractivity contribution in [1.29, 1.82) is 0 Å². The van der Waals surface area contributed by atoms with E-state index in [4.69, 9.17) is 10.5 Å². The van der Waals surface area contributed by atoms with Crippen molar-refractivity contribution < 1.29 is 13.7 Å². The van der Waals surface area contributed by atoms with Crippen molar-refractivity contribution in [3.8, 4) is 0 Å². The molecular formula is C9H20N2O3S. The van der Waals surface area contributed by atoms with Crippen LogP contribution in [0.3, 0.4) is 0 Å². The zero-order chi connectivity index (χ0) is 11.7. The highest BCUT2D eigenvalue weighted by Gasteiger charge is 2.18. The molecule has 90 valence electrons. The van der Waals surface area contributed by atoms with E-state index in [9.17, 15) is 9.00 Å². The SMILES string of the molecule is COCCNC(=O)C(C)S(=O)CCCN. The molecule has 0 aromatic rings. The Morgan fingerprint density at radius 3 is 2.80 bits per heavy atom. The summed E-state index contributed by atoms with van der Waals surface area (Å²) in [6.45, 7) is 3.08. The monoisotopic (exact) mass is 236 g/mol. The zero-order valence-corrected chi connectivity index (χ0v) is 10.1. The molecule has 2 atom stereocenters. The lowest BCUT2D eigenvalue weighted by Gasteiger charge is -2.11. The van der Waals surface area contributed by atoms with Gasteiger partial charge in [-0.1, -0.05) is 0 Å². The van der Waals surface area contributed by atoms with E-state index in [1.807, 2.05) is 0 Å². The number of nitrogens with two attached hydrogens (primary N) is 1. The number of ether oxygens (including phenoxy) is 1. The van der Waals surface area contributed by atoms with E-state index in [1.54, 1.807) is 14.0 Å². The Morgan fingerprint density at radius 2 is 2.27 bits per heavy atom. The summed E-state index contributed by atoms with van der Waals surface area (Å²) in [4.78, 5) is 11.4. The van der Waals surface area contributed by atoms with Crippen molar-refractivity contribution in [3.05, 3.63) is 0 Å². The van der Waals surface area contributed by atoms with Crippen LogP contribution in [0.4, 0.5) is 0 Å². The van der Waals surface area contributed by atoms with Crippen LogP contribution in [0.25, 0.3) is 0 Å². The molecule has 0 aliphatic carbocycles. The number of nitrogens with one attached hydrogen (secondary N) is 1. The van der Waals surface area contributed by atoms with Crippen molar-refractivity contribution in [1.82, 2.24) is 5.32 Å². The number of amides is 1. The molecule has 15 heavy (non-hydrogen) atoms. The van der Waals surface area contributed by atoms with Gasteiger partial charge in [0.05, 0.1) is 6.61 Å². The second-order valence-electron chi connectivity index (χ2n) is 3.15. The van der Waals surface area contributed by atoms with Crippen molar-refractivity contribution >= 4 is 16.7 Å². The molecular weight excluding hydrogens is 216 g/mol. The summed E-state index contributed by atoms with van der Waals surface area (Å²) in [6.07, 6.45) is 0.683.